The normalized spacial score (nSPS) is 10.7. The maximum atomic E-state index is 11.4. The Balaban J connectivity index is 2.44. The molecule has 0 amide bonds. The monoisotopic (exact) mass is 327 g/mol. The molecule has 2 rings (SSSR count). The van der Waals surface area contributed by atoms with Crippen molar-refractivity contribution in [2.24, 2.45) is 0 Å². The van der Waals surface area contributed by atoms with Crippen molar-refractivity contribution in [2.75, 3.05) is 19.0 Å². The van der Waals surface area contributed by atoms with Gasteiger partial charge in [-0.3, -0.25) is 0 Å². The van der Waals surface area contributed by atoms with Gasteiger partial charge in [0.25, 0.3) is 0 Å². The molecule has 0 aromatic heterocycles. The first-order valence-electron chi connectivity index (χ1n) is 8.30. The molecule has 0 radical (unpaired) electrons. The first-order chi connectivity index (χ1) is 11.5. The summed E-state index contributed by atoms with van der Waals surface area (Å²) in [6, 6.07) is 11.5. The fraction of sp³-hybridized carbons (Fsp3) is 0.350. The summed E-state index contributed by atoms with van der Waals surface area (Å²) in [5.74, 6) is 0.0887. The van der Waals surface area contributed by atoms with Gasteiger partial charge in [-0.25, -0.2) is 4.79 Å². The van der Waals surface area contributed by atoms with Gasteiger partial charge in [0.15, 0.2) is 0 Å². The molecule has 4 heteroatoms. The molecule has 0 spiro atoms. The second-order valence-corrected chi connectivity index (χ2v) is 6.07. The van der Waals surface area contributed by atoms with Crippen molar-refractivity contribution in [2.45, 2.75) is 33.1 Å². The van der Waals surface area contributed by atoms with E-state index in [1.54, 1.807) is 6.07 Å². The van der Waals surface area contributed by atoms with Gasteiger partial charge >= 0.3 is 5.97 Å². The number of hydrogen-bond donors (Lipinski definition) is 2. The molecule has 0 saturated heterocycles. The Labute approximate surface area is 143 Å². The zero-order valence-corrected chi connectivity index (χ0v) is 14.7. The van der Waals surface area contributed by atoms with Gasteiger partial charge in [0.1, 0.15) is 5.75 Å². The van der Waals surface area contributed by atoms with Gasteiger partial charge in [-0.05, 0) is 47.2 Å². The van der Waals surface area contributed by atoms with Crippen LogP contribution in [0, 0.1) is 0 Å². The quantitative estimate of drug-likeness (QED) is 0.751. The van der Waals surface area contributed by atoms with Crippen molar-refractivity contribution in [1.82, 2.24) is 0 Å². The van der Waals surface area contributed by atoms with E-state index < -0.39 is 5.97 Å². The van der Waals surface area contributed by atoms with Crippen LogP contribution in [0.4, 0.5) is 5.69 Å². The predicted octanol–water partition coefficient (Wildman–Crippen LogP) is 5.01. The minimum atomic E-state index is -0.885. The molecule has 0 aliphatic rings. The van der Waals surface area contributed by atoms with Crippen LogP contribution >= 0.6 is 0 Å². The van der Waals surface area contributed by atoms with E-state index in [0.717, 1.165) is 34.5 Å². The van der Waals surface area contributed by atoms with E-state index in [9.17, 15) is 9.90 Å². The highest BCUT2D eigenvalue weighted by molar-refractivity contribution is 5.90. The van der Waals surface area contributed by atoms with Gasteiger partial charge < -0.3 is 15.2 Å². The standard InChI is InChI=1S/C20H25NO3/c1-5-10-24-19-9-7-15(12-18(19)21-4)14-6-8-16(20(22)23)17(11-14)13(2)3/h6-9,11-13,21H,5,10H2,1-4H3,(H,22,23). The van der Waals surface area contributed by atoms with Crippen molar-refractivity contribution < 1.29 is 14.6 Å². The zero-order valence-electron chi connectivity index (χ0n) is 14.7. The van der Waals surface area contributed by atoms with Gasteiger partial charge in [0.05, 0.1) is 17.9 Å². The molecule has 0 aliphatic heterocycles. The Morgan fingerprint density at radius 1 is 1.17 bits per heavy atom. The molecule has 0 heterocycles. The lowest BCUT2D eigenvalue weighted by Gasteiger charge is -2.15. The Morgan fingerprint density at radius 3 is 2.42 bits per heavy atom. The van der Waals surface area contributed by atoms with E-state index in [1.807, 2.05) is 51.2 Å². The highest BCUT2D eigenvalue weighted by Gasteiger charge is 2.14. The maximum absolute atomic E-state index is 11.4. The SMILES string of the molecule is CCCOc1ccc(-c2ccc(C(=O)O)c(C(C)C)c2)cc1NC. The van der Waals surface area contributed by atoms with E-state index in [0.29, 0.717) is 12.2 Å². The molecular weight excluding hydrogens is 302 g/mol. The van der Waals surface area contributed by atoms with Crippen LogP contribution in [0.2, 0.25) is 0 Å². The van der Waals surface area contributed by atoms with Gasteiger partial charge in [0.2, 0.25) is 0 Å². The number of carboxylic acids is 1. The lowest BCUT2D eigenvalue weighted by atomic mass is 9.92. The van der Waals surface area contributed by atoms with E-state index in [2.05, 4.69) is 12.2 Å². The topological polar surface area (TPSA) is 58.6 Å². The fourth-order valence-electron chi connectivity index (χ4n) is 2.66. The van der Waals surface area contributed by atoms with E-state index >= 15 is 0 Å². The molecule has 2 aromatic carbocycles. The summed E-state index contributed by atoms with van der Waals surface area (Å²) in [5, 5.41) is 12.5. The molecule has 0 atom stereocenters. The first kappa shape index (κ1) is 17.9. The lowest BCUT2D eigenvalue weighted by Crippen LogP contribution is -2.04. The third kappa shape index (κ3) is 3.88. The number of carbonyl (C=O) groups is 1. The van der Waals surface area contributed by atoms with Crippen LogP contribution in [-0.2, 0) is 0 Å². The third-order valence-corrected chi connectivity index (χ3v) is 3.95. The summed E-state index contributed by atoms with van der Waals surface area (Å²) >= 11 is 0. The van der Waals surface area contributed by atoms with Crippen LogP contribution < -0.4 is 10.1 Å². The average molecular weight is 327 g/mol. The Hall–Kier alpha value is -2.49. The highest BCUT2D eigenvalue weighted by Crippen LogP contribution is 2.33. The Bertz CT molecular complexity index is 723. The number of carboxylic acid groups (broad SMARTS) is 1. The van der Waals surface area contributed by atoms with Crippen LogP contribution in [0.3, 0.4) is 0 Å². The molecule has 0 aliphatic carbocycles. The molecule has 2 N–H and O–H groups in total. The summed E-state index contributed by atoms with van der Waals surface area (Å²) in [6.07, 6.45) is 0.958. The largest absolute Gasteiger partial charge is 0.491 e. The summed E-state index contributed by atoms with van der Waals surface area (Å²) in [5.41, 5.74) is 4.17. The van der Waals surface area contributed by atoms with Crippen molar-refractivity contribution in [3.8, 4) is 16.9 Å². The van der Waals surface area contributed by atoms with E-state index in [4.69, 9.17) is 4.74 Å². The molecule has 2 aromatic rings. The number of benzene rings is 2. The number of aromatic carboxylic acids is 1. The van der Waals surface area contributed by atoms with Crippen LogP contribution in [-0.4, -0.2) is 24.7 Å². The smallest absolute Gasteiger partial charge is 0.335 e. The molecule has 0 saturated carbocycles. The Morgan fingerprint density at radius 2 is 1.83 bits per heavy atom. The minimum absolute atomic E-state index is 0.145. The molecule has 0 fully saturated rings. The molecule has 0 unspecified atom stereocenters. The molecule has 4 nitrogen and oxygen atoms in total. The lowest BCUT2D eigenvalue weighted by molar-refractivity contribution is 0.0695. The van der Waals surface area contributed by atoms with Gasteiger partial charge in [0, 0.05) is 7.05 Å². The van der Waals surface area contributed by atoms with Crippen LogP contribution in [0.5, 0.6) is 5.75 Å². The van der Waals surface area contributed by atoms with E-state index in [-0.39, 0.29) is 5.92 Å². The van der Waals surface area contributed by atoms with Crippen molar-refractivity contribution in [1.29, 1.82) is 0 Å². The summed E-state index contributed by atoms with van der Waals surface area (Å²) in [7, 11) is 1.87. The molecule has 24 heavy (non-hydrogen) atoms. The number of anilines is 1. The molecule has 0 bridgehead atoms. The maximum Gasteiger partial charge on any atom is 0.335 e. The van der Waals surface area contributed by atoms with Gasteiger partial charge in [-0.15, -0.1) is 0 Å². The second kappa shape index (κ2) is 7.86. The zero-order chi connectivity index (χ0) is 17.7. The third-order valence-electron chi connectivity index (χ3n) is 3.95. The van der Waals surface area contributed by atoms with Crippen LogP contribution in [0.15, 0.2) is 36.4 Å². The number of rotatable bonds is 7. The predicted molar refractivity (Wildman–Crippen MR) is 98.3 cm³/mol. The summed E-state index contributed by atoms with van der Waals surface area (Å²) in [6.45, 7) is 6.77. The number of hydrogen-bond acceptors (Lipinski definition) is 3. The van der Waals surface area contributed by atoms with Gasteiger partial charge in [-0.2, -0.15) is 0 Å². The number of nitrogens with one attached hydrogen (secondary N) is 1. The van der Waals surface area contributed by atoms with Gasteiger partial charge in [-0.1, -0.05) is 39.0 Å². The fourth-order valence-corrected chi connectivity index (χ4v) is 2.66. The van der Waals surface area contributed by atoms with Crippen LogP contribution in [0.25, 0.3) is 11.1 Å². The summed E-state index contributed by atoms with van der Waals surface area (Å²) in [4.78, 5) is 11.4. The molecular formula is C20H25NO3. The Kier molecular flexibility index (Phi) is 5.85. The molecule has 128 valence electrons. The summed E-state index contributed by atoms with van der Waals surface area (Å²) < 4.78 is 5.74. The number of ether oxygens (including phenoxy) is 1. The second-order valence-electron chi connectivity index (χ2n) is 6.07. The minimum Gasteiger partial charge on any atom is -0.491 e. The first-order valence-corrected chi connectivity index (χ1v) is 8.30. The average Bonchev–Trinajstić information content (AvgIpc) is 2.59. The van der Waals surface area contributed by atoms with Crippen molar-refractivity contribution in [3.63, 3.8) is 0 Å². The van der Waals surface area contributed by atoms with Crippen LogP contribution in [0.1, 0.15) is 49.0 Å². The van der Waals surface area contributed by atoms with Crippen molar-refractivity contribution >= 4 is 11.7 Å². The van der Waals surface area contributed by atoms with Crippen molar-refractivity contribution in [3.05, 3.63) is 47.5 Å². The van der Waals surface area contributed by atoms with E-state index in [1.165, 1.54) is 0 Å². The highest BCUT2D eigenvalue weighted by atomic mass is 16.5.